The standard InChI is InChI=1S/C20H25N3O3/c1-15-4-9-19(26-3)18(14-15)22-10-12-23(13-11-22)20(24)21-16-5-7-17(25-2)8-6-16/h4-9,14H,10-13H2,1-3H3,(H,21,24). The summed E-state index contributed by atoms with van der Waals surface area (Å²) in [6, 6.07) is 13.4. The average molecular weight is 355 g/mol. The van der Waals surface area contributed by atoms with Gasteiger partial charge >= 0.3 is 6.03 Å². The van der Waals surface area contributed by atoms with E-state index in [4.69, 9.17) is 9.47 Å². The zero-order valence-electron chi connectivity index (χ0n) is 15.5. The smallest absolute Gasteiger partial charge is 0.321 e. The quantitative estimate of drug-likeness (QED) is 0.914. The third-order valence-electron chi connectivity index (χ3n) is 4.58. The minimum absolute atomic E-state index is 0.0778. The molecule has 1 aliphatic rings. The predicted molar refractivity (Wildman–Crippen MR) is 104 cm³/mol. The Morgan fingerprint density at radius 1 is 0.962 bits per heavy atom. The fraction of sp³-hybridized carbons (Fsp3) is 0.350. The lowest BCUT2D eigenvalue weighted by atomic mass is 10.1. The fourth-order valence-electron chi connectivity index (χ4n) is 3.07. The highest BCUT2D eigenvalue weighted by atomic mass is 16.5. The molecule has 0 radical (unpaired) electrons. The lowest BCUT2D eigenvalue weighted by molar-refractivity contribution is 0.208. The van der Waals surface area contributed by atoms with Gasteiger partial charge in [0.15, 0.2) is 0 Å². The maximum Gasteiger partial charge on any atom is 0.321 e. The number of aryl methyl sites for hydroxylation is 1. The number of hydrogen-bond acceptors (Lipinski definition) is 4. The molecule has 1 fully saturated rings. The second-order valence-corrected chi connectivity index (χ2v) is 6.31. The zero-order valence-corrected chi connectivity index (χ0v) is 15.5. The summed E-state index contributed by atoms with van der Waals surface area (Å²) in [7, 11) is 3.31. The number of ether oxygens (including phenoxy) is 2. The molecule has 6 heteroatoms. The molecule has 0 saturated carbocycles. The van der Waals surface area contributed by atoms with Gasteiger partial charge in [-0.3, -0.25) is 0 Å². The number of anilines is 2. The largest absolute Gasteiger partial charge is 0.497 e. The molecule has 138 valence electrons. The third-order valence-corrected chi connectivity index (χ3v) is 4.58. The summed E-state index contributed by atoms with van der Waals surface area (Å²) in [6.45, 7) is 4.95. The van der Waals surface area contributed by atoms with Crippen molar-refractivity contribution >= 4 is 17.4 Å². The Bertz CT molecular complexity index is 753. The molecule has 6 nitrogen and oxygen atoms in total. The number of nitrogens with zero attached hydrogens (tertiary/aromatic N) is 2. The van der Waals surface area contributed by atoms with Crippen molar-refractivity contribution in [3.8, 4) is 11.5 Å². The fourth-order valence-corrected chi connectivity index (χ4v) is 3.07. The summed E-state index contributed by atoms with van der Waals surface area (Å²) in [5.41, 5.74) is 3.04. The van der Waals surface area contributed by atoms with E-state index in [1.54, 1.807) is 14.2 Å². The van der Waals surface area contributed by atoms with E-state index in [0.29, 0.717) is 13.1 Å². The molecule has 0 aromatic heterocycles. The summed E-state index contributed by atoms with van der Waals surface area (Å²) in [4.78, 5) is 16.6. The molecule has 1 saturated heterocycles. The van der Waals surface area contributed by atoms with Crippen LogP contribution < -0.4 is 19.7 Å². The van der Waals surface area contributed by atoms with E-state index < -0.39 is 0 Å². The number of carbonyl (C=O) groups is 1. The number of piperazine rings is 1. The van der Waals surface area contributed by atoms with E-state index in [-0.39, 0.29) is 6.03 Å². The lowest BCUT2D eigenvalue weighted by Crippen LogP contribution is -2.50. The Balaban J connectivity index is 1.59. The normalized spacial score (nSPS) is 14.1. The van der Waals surface area contributed by atoms with Gasteiger partial charge in [0, 0.05) is 31.9 Å². The summed E-state index contributed by atoms with van der Waals surface area (Å²) in [5, 5.41) is 2.94. The maximum absolute atomic E-state index is 12.5. The van der Waals surface area contributed by atoms with E-state index in [9.17, 15) is 4.79 Å². The van der Waals surface area contributed by atoms with E-state index in [1.165, 1.54) is 5.56 Å². The van der Waals surface area contributed by atoms with Crippen molar-refractivity contribution in [1.82, 2.24) is 4.90 Å². The molecule has 0 bridgehead atoms. The molecule has 0 atom stereocenters. The topological polar surface area (TPSA) is 54.0 Å². The number of benzene rings is 2. The van der Waals surface area contributed by atoms with Gasteiger partial charge in [0.1, 0.15) is 11.5 Å². The van der Waals surface area contributed by atoms with Crippen molar-refractivity contribution in [3.05, 3.63) is 48.0 Å². The van der Waals surface area contributed by atoms with Crippen LogP contribution in [0.1, 0.15) is 5.56 Å². The highest BCUT2D eigenvalue weighted by molar-refractivity contribution is 5.89. The van der Waals surface area contributed by atoms with Gasteiger partial charge in [-0.2, -0.15) is 0 Å². The number of hydrogen-bond donors (Lipinski definition) is 1. The number of nitrogens with one attached hydrogen (secondary N) is 1. The highest BCUT2D eigenvalue weighted by Crippen LogP contribution is 2.30. The Labute approximate surface area is 154 Å². The summed E-state index contributed by atoms with van der Waals surface area (Å²) < 4.78 is 10.6. The van der Waals surface area contributed by atoms with Crippen LogP contribution in [0.3, 0.4) is 0 Å². The highest BCUT2D eigenvalue weighted by Gasteiger charge is 2.23. The average Bonchev–Trinajstić information content (AvgIpc) is 2.68. The minimum Gasteiger partial charge on any atom is -0.497 e. The molecule has 1 N–H and O–H groups in total. The molecule has 2 amide bonds. The zero-order chi connectivity index (χ0) is 18.5. The van der Waals surface area contributed by atoms with Crippen molar-refractivity contribution in [2.24, 2.45) is 0 Å². The molecule has 0 aliphatic carbocycles. The molecular formula is C20H25N3O3. The van der Waals surface area contributed by atoms with Crippen LogP contribution in [0, 0.1) is 6.92 Å². The van der Waals surface area contributed by atoms with E-state index >= 15 is 0 Å². The Kier molecular flexibility index (Phi) is 5.51. The van der Waals surface area contributed by atoms with Crippen LogP contribution in [0.2, 0.25) is 0 Å². The Morgan fingerprint density at radius 2 is 1.65 bits per heavy atom. The minimum atomic E-state index is -0.0778. The van der Waals surface area contributed by atoms with E-state index in [0.717, 1.165) is 36.0 Å². The van der Waals surface area contributed by atoms with Gasteiger partial charge in [0.2, 0.25) is 0 Å². The van der Waals surface area contributed by atoms with E-state index in [1.807, 2.05) is 41.3 Å². The first-order valence-electron chi connectivity index (χ1n) is 8.70. The van der Waals surface area contributed by atoms with Crippen LogP contribution >= 0.6 is 0 Å². The molecule has 0 spiro atoms. The van der Waals surface area contributed by atoms with Gasteiger partial charge in [-0.1, -0.05) is 6.07 Å². The SMILES string of the molecule is COc1ccc(NC(=O)N2CCN(c3cc(C)ccc3OC)CC2)cc1. The summed E-state index contributed by atoms with van der Waals surface area (Å²) >= 11 is 0. The monoisotopic (exact) mass is 355 g/mol. The second-order valence-electron chi connectivity index (χ2n) is 6.31. The van der Waals surface area contributed by atoms with Gasteiger partial charge < -0.3 is 24.6 Å². The first-order chi connectivity index (χ1) is 12.6. The van der Waals surface area contributed by atoms with Crippen LogP contribution in [-0.2, 0) is 0 Å². The number of rotatable bonds is 4. The molecule has 3 rings (SSSR count). The molecular weight excluding hydrogens is 330 g/mol. The third kappa shape index (κ3) is 4.02. The number of carbonyl (C=O) groups excluding carboxylic acids is 1. The number of urea groups is 1. The summed E-state index contributed by atoms with van der Waals surface area (Å²) in [5.74, 6) is 1.63. The van der Waals surface area contributed by atoms with Crippen LogP contribution in [0.5, 0.6) is 11.5 Å². The first-order valence-corrected chi connectivity index (χ1v) is 8.70. The molecule has 2 aromatic carbocycles. The van der Waals surface area contributed by atoms with Crippen molar-refractivity contribution in [2.75, 3.05) is 50.6 Å². The van der Waals surface area contributed by atoms with Crippen molar-refractivity contribution in [2.45, 2.75) is 6.92 Å². The Hall–Kier alpha value is -2.89. The lowest BCUT2D eigenvalue weighted by Gasteiger charge is -2.36. The van der Waals surface area contributed by atoms with Crippen molar-refractivity contribution in [3.63, 3.8) is 0 Å². The van der Waals surface area contributed by atoms with Crippen LogP contribution in [0.15, 0.2) is 42.5 Å². The van der Waals surface area contributed by atoms with Gasteiger partial charge in [-0.25, -0.2) is 4.79 Å². The number of methoxy groups -OCH3 is 2. The summed E-state index contributed by atoms with van der Waals surface area (Å²) in [6.07, 6.45) is 0. The molecule has 0 unspecified atom stereocenters. The molecule has 1 aliphatic heterocycles. The maximum atomic E-state index is 12.5. The first kappa shape index (κ1) is 17.9. The van der Waals surface area contributed by atoms with Gasteiger partial charge in [-0.15, -0.1) is 0 Å². The molecule has 2 aromatic rings. The van der Waals surface area contributed by atoms with Crippen LogP contribution in [0.25, 0.3) is 0 Å². The second kappa shape index (κ2) is 7.99. The van der Waals surface area contributed by atoms with Gasteiger partial charge in [-0.05, 0) is 48.9 Å². The van der Waals surface area contributed by atoms with Crippen molar-refractivity contribution < 1.29 is 14.3 Å². The van der Waals surface area contributed by atoms with Crippen LogP contribution in [0.4, 0.5) is 16.2 Å². The number of amides is 2. The van der Waals surface area contributed by atoms with Crippen LogP contribution in [-0.4, -0.2) is 51.3 Å². The molecule has 26 heavy (non-hydrogen) atoms. The molecule has 1 heterocycles. The van der Waals surface area contributed by atoms with Gasteiger partial charge in [0.05, 0.1) is 19.9 Å². The van der Waals surface area contributed by atoms with Crippen molar-refractivity contribution in [1.29, 1.82) is 0 Å². The van der Waals surface area contributed by atoms with Gasteiger partial charge in [0.25, 0.3) is 0 Å². The van der Waals surface area contributed by atoms with E-state index in [2.05, 4.69) is 23.2 Å². The Morgan fingerprint density at radius 3 is 2.27 bits per heavy atom. The predicted octanol–water partition coefficient (Wildman–Crippen LogP) is 3.37.